The number of hydrogen-bond donors (Lipinski definition) is 1. The maximum absolute atomic E-state index is 13.0. The van der Waals surface area contributed by atoms with Crippen LogP contribution in [-0.2, 0) is 4.79 Å². The standard InChI is InChI=1S/C18H27FN2O/c1-3-21(13(2)14-8-10-16(19)11-9-14)18(22)12-15-6-4-5-7-17(15)20/h8-11,13,15,17H,3-7,12,20H2,1-2H3. The Hall–Kier alpha value is -1.42. The summed E-state index contributed by atoms with van der Waals surface area (Å²) in [5.41, 5.74) is 7.12. The van der Waals surface area contributed by atoms with Crippen molar-refractivity contribution < 1.29 is 9.18 Å². The van der Waals surface area contributed by atoms with Crippen LogP contribution in [-0.4, -0.2) is 23.4 Å². The number of nitrogens with two attached hydrogens (primary N) is 1. The van der Waals surface area contributed by atoms with Gasteiger partial charge in [0.05, 0.1) is 6.04 Å². The first-order valence-electron chi connectivity index (χ1n) is 8.33. The summed E-state index contributed by atoms with van der Waals surface area (Å²) in [5.74, 6) is 0.205. The Morgan fingerprint density at radius 3 is 2.55 bits per heavy atom. The van der Waals surface area contributed by atoms with Gasteiger partial charge in [0.25, 0.3) is 0 Å². The fourth-order valence-electron chi connectivity index (χ4n) is 3.42. The minimum atomic E-state index is -0.251. The molecule has 4 heteroatoms. The van der Waals surface area contributed by atoms with Gasteiger partial charge in [0.15, 0.2) is 0 Å². The molecule has 0 spiro atoms. The highest BCUT2D eigenvalue weighted by molar-refractivity contribution is 5.77. The number of carbonyl (C=O) groups excluding carboxylic acids is 1. The molecule has 1 aliphatic rings. The Morgan fingerprint density at radius 2 is 1.95 bits per heavy atom. The molecule has 0 radical (unpaired) electrons. The lowest BCUT2D eigenvalue weighted by Gasteiger charge is -2.33. The number of nitrogens with zero attached hydrogens (tertiary/aromatic N) is 1. The predicted octanol–water partition coefficient (Wildman–Crippen LogP) is 3.64. The molecule has 3 nitrogen and oxygen atoms in total. The van der Waals surface area contributed by atoms with Crippen LogP contribution in [0, 0.1) is 11.7 Å². The van der Waals surface area contributed by atoms with Crippen molar-refractivity contribution in [1.29, 1.82) is 0 Å². The van der Waals surface area contributed by atoms with Crippen molar-refractivity contribution in [3.63, 3.8) is 0 Å². The average Bonchev–Trinajstić information content (AvgIpc) is 2.51. The lowest BCUT2D eigenvalue weighted by molar-refractivity contribution is -0.134. The molecule has 1 saturated carbocycles. The highest BCUT2D eigenvalue weighted by atomic mass is 19.1. The van der Waals surface area contributed by atoms with Crippen molar-refractivity contribution in [1.82, 2.24) is 4.90 Å². The average molecular weight is 306 g/mol. The molecule has 1 aromatic rings. The van der Waals surface area contributed by atoms with Crippen molar-refractivity contribution in [2.75, 3.05) is 6.54 Å². The van der Waals surface area contributed by atoms with Gasteiger partial charge < -0.3 is 10.6 Å². The van der Waals surface area contributed by atoms with Gasteiger partial charge in [-0.2, -0.15) is 0 Å². The van der Waals surface area contributed by atoms with Crippen LogP contribution in [0.15, 0.2) is 24.3 Å². The second-order valence-corrected chi connectivity index (χ2v) is 6.32. The number of amides is 1. The van der Waals surface area contributed by atoms with Gasteiger partial charge in [-0.15, -0.1) is 0 Å². The zero-order chi connectivity index (χ0) is 16.1. The molecule has 0 aliphatic heterocycles. The van der Waals surface area contributed by atoms with E-state index < -0.39 is 0 Å². The van der Waals surface area contributed by atoms with E-state index >= 15 is 0 Å². The van der Waals surface area contributed by atoms with Gasteiger partial charge in [0.1, 0.15) is 5.82 Å². The molecule has 22 heavy (non-hydrogen) atoms. The van der Waals surface area contributed by atoms with E-state index in [1.54, 1.807) is 12.1 Å². The Morgan fingerprint density at radius 1 is 1.32 bits per heavy atom. The Kier molecular flexibility index (Phi) is 5.95. The largest absolute Gasteiger partial charge is 0.336 e. The van der Waals surface area contributed by atoms with Crippen LogP contribution in [0.3, 0.4) is 0 Å². The molecule has 1 aliphatic carbocycles. The van der Waals surface area contributed by atoms with Gasteiger partial charge in [0, 0.05) is 19.0 Å². The van der Waals surface area contributed by atoms with Crippen LogP contribution in [0.25, 0.3) is 0 Å². The molecule has 0 saturated heterocycles. The predicted molar refractivity (Wildman–Crippen MR) is 86.8 cm³/mol. The molecular weight excluding hydrogens is 279 g/mol. The van der Waals surface area contributed by atoms with Crippen molar-refractivity contribution in [3.05, 3.63) is 35.6 Å². The van der Waals surface area contributed by atoms with Gasteiger partial charge in [-0.25, -0.2) is 4.39 Å². The maximum atomic E-state index is 13.0. The quantitative estimate of drug-likeness (QED) is 0.902. The van der Waals surface area contributed by atoms with Crippen LogP contribution in [0.5, 0.6) is 0 Å². The summed E-state index contributed by atoms with van der Waals surface area (Å²) >= 11 is 0. The van der Waals surface area contributed by atoms with E-state index in [4.69, 9.17) is 5.73 Å². The van der Waals surface area contributed by atoms with Crippen LogP contribution in [0.4, 0.5) is 4.39 Å². The number of benzene rings is 1. The first-order chi connectivity index (χ1) is 10.5. The second kappa shape index (κ2) is 7.73. The Bertz CT molecular complexity index is 488. The number of halogens is 1. The van der Waals surface area contributed by atoms with Crippen molar-refractivity contribution in [2.24, 2.45) is 11.7 Å². The molecule has 1 fully saturated rings. The third-order valence-corrected chi connectivity index (χ3v) is 4.89. The van der Waals surface area contributed by atoms with Gasteiger partial charge >= 0.3 is 0 Å². The molecule has 3 unspecified atom stereocenters. The van der Waals surface area contributed by atoms with Crippen molar-refractivity contribution >= 4 is 5.91 Å². The van der Waals surface area contributed by atoms with Crippen molar-refractivity contribution in [2.45, 2.75) is 58.0 Å². The van der Waals surface area contributed by atoms with E-state index in [2.05, 4.69) is 0 Å². The SMILES string of the molecule is CCN(C(=O)CC1CCCCC1N)C(C)c1ccc(F)cc1. The summed E-state index contributed by atoms with van der Waals surface area (Å²) in [5, 5.41) is 0. The van der Waals surface area contributed by atoms with Gasteiger partial charge in [-0.05, 0) is 50.3 Å². The molecule has 1 amide bonds. The number of carbonyl (C=O) groups is 1. The van der Waals surface area contributed by atoms with E-state index in [1.807, 2.05) is 18.7 Å². The zero-order valence-electron chi connectivity index (χ0n) is 13.6. The maximum Gasteiger partial charge on any atom is 0.223 e. The third-order valence-electron chi connectivity index (χ3n) is 4.89. The zero-order valence-corrected chi connectivity index (χ0v) is 13.6. The van der Waals surface area contributed by atoms with Crippen LogP contribution < -0.4 is 5.73 Å². The van der Waals surface area contributed by atoms with E-state index in [0.29, 0.717) is 18.9 Å². The summed E-state index contributed by atoms with van der Waals surface area (Å²) < 4.78 is 13.0. The van der Waals surface area contributed by atoms with Crippen LogP contribution >= 0.6 is 0 Å². The third kappa shape index (κ3) is 4.07. The first kappa shape index (κ1) is 16.9. The molecule has 0 aromatic heterocycles. The minimum Gasteiger partial charge on any atom is -0.336 e. The van der Waals surface area contributed by atoms with Gasteiger partial charge in [-0.1, -0.05) is 25.0 Å². The molecule has 0 bridgehead atoms. The first-order valence-corrected chi connectivity index (χ1v) is 8.33. The number of rotatable bonds is 5. The second-order valence-electron chi connectivity index (χ2n) is 6.32. The minimum absolute atomic E-state index is 0.0436. The molecular formula is C18H27FN2O. The fraction of sp³-hybridized carbons (Fsp3) is 0.611. The highest BCUT2D eigenvalue weighted by Gasteiger charge is 2.28. The monoisotopic (exact) mass is 306 g/mol. The molecule has 2 rings (SSSR count). The van der Waals surface area contributed by atoms with Gasteiger partial charge in [0.2, 0.25) is 5.91 Å². The molecule has 3 atom stereocenters. The summed E-state index contributed by atoms with van der Waals surface area (Å²) in [6.07, 6.45) is 4.95. The summed E-state index contributed by atoms with van der Waals surface area (Å²) in [6.45, 7) is 4.63. The summed E-state index contributed by atoms with van der Waals surface area (Å²) in [6, 6.07) is 6.50. The molecule has 0 heterocycles. The normalized spacial score (nSPS) is 23.1. The topological polar surface area (TPSA) is 46.3 Å². The van der Waals surface area contributed by atoms with Crippen LogP contribution in [0.1, 0.15) is 57.6 Å². The van der Waals surface area contributed by atoms with E-state index in [-0.39, 0.29) is 23.8 Å². The van der Waals surface area contributed by atoms with Gasteiger partial charge in [-0.3, -0.25) is 4.79 Å². The lowest BCUT2D eigenvalue weighted by atomic mass is 9.82. The lowest BCUT2D eigenvalue weighted by Crippen LogP contribution is -2.39. The van der Waals surface area contributed by atoms with E-state index in [9.17, 15) is 9.18 Å². The van der Waals surface area contributed by atoms with E-state index in [0.717, 1.165) is 18.4 Å². The fourth-order valence-corrected chi connectivity index (χ4v) is 3.42. The van der Waals surface area contributed by atoms with Crippen LogP contribution in [0.2, 0.25) is 0 Å². The molecule has 122 valence electrons. The Balaban J connectivity index is 2.03. The summed E-state index contributed by atoms with van der Waals surface area (Å²) in [7, 11) is 0. The number of hydrogen-bond acceptors (Lipinski definition) is 2. The molecule has 1 aromatic carbocycles. The molecule has 2 N–H and O–H groups in total. The van der Waals surface area contributed by atoms with E-state index in [1.165, 1.54) is 25.0 Å². The smallest absolute Gasteiger partial charge is 0.223 e. The summed E-state index contributed by atoms with van der Waals surface area (Å²) in [4.78, 5) is 14.5. The highest BCUT2D eigenvalue weighted by Crippen LogP contribution is 2.28. The Labute approximate surface area is 132 Å². The van der Waals surface area contributed by atoms with Crippen molar-refractivity contribution in [3.8, 4) is 0 Å².